The molecular formula is C36H58O8. The van der Waals surface area contributed by atoms with Crippen LogP contribution < -0.4 is 0 Å². The van der Waals surface area contributed by atoms with Gasteiger partial charge in [-0.1, -0.05) is 48.5 Å². The van der Waals surface area contributed by atoms with Gasteiger partial charge in [0.2, 0.25) is 0 Å². The summed E-state index contributed by atoms with van der Waals surface area (Å²) in [7, 11) is 0. The van der Waals surface area contributed by atoms with Gasteiger partial charge in [0.15, 0.2) is 6.29 Å². The van der Waals surface area contributed by atoms with Crippen LogP contribution in [0.2, 0.25) is 0 Å². The first-order valence-corrected chi connectivity index (χ1v) is 17.6. The number of fused-ring (bicyclic) bond motifs is 5. The van der Waals surface area contributed by atoms with E-state index >= 15 is 0 Å². The largest absolute Gasteiger partial charge is 0.461 e. The fraction of sp³-hybridized carbons (Fsp3) is 0.972. The first-order chi connectivity index (χ1) is 20.5. The molecule has 15 atom stereocenters. The zero-order valence-electron chi connectivity index (χ0n) is 28.1. The summed E-state index contributed by atoms with van der Waals surface area (Å²) >= 11 is 0. The number of esters is 1. The summed E-state index contributed by atoms with van der Waals surface area (Å²) in [5.74, 6) is 1.93. The Hall–Kier alpha value is -0.770. The highest BCUT2D eigenvalue weighted by atomic mass is 16.7. The quantitative estimate of drug-likeness (QED) is 0.268. The van der Waals surface area contributed by atoms with Gasteiger partial charge < -0.3 is 34.6 Å². The highest BCUT2D eigenvalue weighted by Gasteiger charge is 2.75. The molecule has 7 fully saturated rings. The first-order valence-electron chi connectivity index (χ1n) is 17.6. The Morgan fingerprint density at radius 1 is 0.773 bits per heavy atom. The van der Waals surface area contributed by atoms with Gasteiger partial charge in [-0.05, 0) is 104 Å². The van der Waals surface area contributed by atoms with E-state index in [0.717, 1.165) is 51.4 Å². The van der Waals surface area contributed by atoms with E-state index in [1.54, 1.807) is 0 Å². The molecule has 0 aromatic heterocycles. The lowest BCUT2D eigenvalue weighted by Crippen LogP contribution is -2.68. The third kappa shape index (κ3) is 3.87. The van der Waals surface area contributed by atoms with Crippen LogP contribution in [-0.4, -0.2) is 75.9 Å². The van der Waals surface area contributed by atoms with Crippen molar-refractivity contribution in [3.8, 4) is 0 Å². The van der Waals surface area contributed by atoms with E-state index in [4.69, 9.17) is 14.2 Å². The first kappa shape index (κ1) is 31.8. The number of aliphatic hydroxyl groups excluding tert-OH is 4. The summed E-state index contributed by atoms with van der Waals surface area (Å²) in [6.07, 6.45) is 4.17. The van der Waals surface area contributed by atoms with Crippen molar-refractivity contribution in [1.29, 1.82) is 0 Å². The third-order valence-corrected chi connectivity index (χ3v) is 16.1. The van der Waals surface area contributed by atoms with Gasteiger partial charge in [0.25, 0.3) is 0 Å². The van der Waals surface area contributed by atoms with Gasteiger partial charge in [-0.3, -0.25) is 4.79 Å². The van der Waals surface area contributed by atoms with Crippen molar-refractivity contribution in [2.45, 2.75) is 156 Å². The number of hydrogen-bond acceptors (Lipinski definition) is 8. The molecule has 2 saturated heterocycles. The van der Waals surface area contributed by atoms with Crippen LogP contribution in [0.4, 0.5) is 0 Å². The van der Waals surface area contributed by atoms with E-state index < -0.39 is 37.3 Å². The van der Waals surface area contributed by atoms with E-state index in [-0.39, 0.29) is 50.7 Å². The number of carbonyl (C=O) groups is 1. The molecular weight excluding hydrogens is 560 g/mol. The Bertz CT molecular complexity index is 1170. The van der Waals surface area contributed by atoms with Gasteiger partial charge in [-0.2, -0.15) is 0 Å². The zero-order valence-corrected chi connectivity index (χ0v) is 28.1. The van der Waals surface area contributed by atoms with Crippen LogP contribution in [0.25, 0.3) is 0 Å². The monoisotopic (exact) mass is 618 g/mol. The molecule has 2 aliphatic heterocycles. The minimum atomic E-state index is -1.44. The van der Waals surface area contributed by atoms with Crippen molar-refractivity contribution in [2.75, 3.05) is 6.61 Å². The molecule has 2 heterocycles. The van der Waals surface area contributed by atoms with E-state index in [9.17, 15) is 25.2 Å². The van der Waals surface area contributed by atoms with Crippen molar-refractivity contribution in [1.82, 2.24) is 0 Å². The second-order valence-corrected chi connectivity index (χ2v) is 18.3. The van der Waals surface area contributed by atoms with Crippen LogP contribution in [-0.2, 0) is 19.0 Å². The molecule has 0 aromatic rings. The Labute approximate surface area is 263 Å². The maximum Gasteiger partial charge on any atom is 0.312 e. The van der Waals surface area contributed by atoms with E-state index in [2.05, 4.69) is 48.5 Å². The molecule has 250 valence electrons. The molecule has 7 rings (SSSR count). The number of hydrogen-bond donors (Lipinski definition) is 4. The predicted octanol–water partition coefficient (Wildman–Crippen LogP) is 4.59. The maximum absolute atomic E-state index is 13.5. The van der Waals surface area contributed by atoms with Gasteiger partial charge in [0.05, 0.1) is 18.1 Å². The minimum Gasteiger partial charge on any atom is -0.461 e. The zero-order chi connectivity index (χ0) is 31.8. The van der Waals surface area contributed by atoms with Gasteiger partial charge in [-0.15, -0.1) is 0 Å². The van der Waals surface area contributed by atoms with Gasteiger partial charge in [-0.25, -0.2) is 0 Å². The number of ether oxygens (including phenoxy) is 3. The lowest BCUT2D eigenvalue weighted by atomic mass is 9.31. The SMILES string of the molecule is CC1(C)CC[C@]23CC[C@]4(C)[C@H](CC[C@@H]5[C@@]6(C)CC[C@H](O[C@H]7O[C@H](CO)[C@@H](O)[C@H](O)[C@@H]7O)C(C)(C)[C@@H]6CC[C@]54C)[C@H]2[C@@H]1OC3=O. The Morgan fingerprint density at radius 2 is 1.48 bits per heavy atom. The van der Waals surface area contributed by atoms with Crippen LogP contribution in [0, 0.1) is 56.2 Å². The predicted molar refractivity (Wildman–Crippen MR) is 163 cm³/mol. The van der Waals surface area contributed by atoms with E-state index in [0.29, 0.717) is 23.7 Å². The van der Waals surface area contributed by atoms with Gasteiger partial charge in [0, 0.05) is 11.3 Å². The second-order valence-electron chi connectivity index (χ2n) is 18.3. The summed E-state index contributed by atoms with van der Waals surface area (Å²) in [6, 6.07) is 0. The normalized spacial score (nSPS) is 57.3. The van der Waals surface area contributed by atoms with Crippen LogP contribution in [0.15, 0.2) is 0 Å². The molecule has 0 aromatic carbocycles. The van der Waals surface area contributed by atoms with Crippen LogP contribution >= 0.6 is 0 Å². The van der Waals surface area contributed by atoms with Gasteiger partial charge >= 0.3 is 5.97 Å². The van der Waals surface area contributed by atoms with Crippen molar-refractivity contribution < 1.29 is 39.4 Å². The fourth-order valence-electron chi connectivity index (χ4n) is 13.4. The van der Waals surface area contributed by atoms with Crippen LogP contribution in [0.5, 0.6) is 0 Å². The molecule has 0 amide bonds. The molecule has 5 saturated carbocycles. The average molecular weight is 619 g/mol. The van der Waals surface area contributed by atoms with E-state index in [1.807, 2.05) is 0 Å². The standard InChI is InChI=1S/C36H58O8/c1-31(2)14-16-36-17-15-34(6)19(24(36)28(31)44-30(36)41)8-9-22-33(5)12-11-23(32(3,4)21(33)10-13-35(22,34)7)43-29-27(40)26(39)25(38)20(18-37)42-29/h19-29,37-40H,8-18H2,1-7H3/t19-,20-,21+,22-,23+,24+,25-,26+,27+,28+,29-,33+,34-,35-,36+/m1/s1. The third-order valence-electron chi connectivity index (χ3n) is 16.1. The molecule has 2 bridgehead atoms. The Balaban J connectivity index is 1.15. The van der Waals surface area contributed by atoms with Crippen LogP contribution in [0.3, 0.4) is 0 Å². The number of rotatable bonds is 3. The highest BCUT2D eigenvalue weighted by Crippen LogP contribution is 2.78. The lowest BCUT2D eigenvalue weighted by Gasteiger charge is -2.73. The average Bonchev–Trinajstić information content (AvgIpc) is 3.22. The van der Waals surface area contributed by atoms with Crippen molar-refractivity contribution in [3.63, 3.8) is 0 Å². The molecule has 0 spiro atoms. The second kappa shape index (κ2) is 9.88. The van der Waals surface area contributed by atoms with Crippen LogP contribution in [0.1, 0.15) is 113 Å². The summed E-state index contributed by atoms with van der Waals surface area (Å²) in [6.45, 7) is 16.5. The molecule has 7 aliphatic rings. The number of aliphatic hydroxyl groups is 4. The minimum absolute atomic E-state index is 0.0311. The topological polar surface area (TPSA) is 126 Å². The van der Waals surface area contributed by atoms with Gasteiger partial charge in [0.1, 0.15) is 30.5 Å². The molecule has 44 heavy (non-hydrogen) atoms. The van der Waals surface area contributed by atoms with Crippen molar-refractivity contribution in [2.24, 2.45) is 56.2 Å². The molecule has 4 N–H and O–H groups in total. The lowest BCUT2D eigenvalue weighted by molar-refractivity contribution is -0.332. The summed E-state index contributed by atoms with van der Waals surface area (Å²) in [5, 5.41) is 41.1. The molecule has 0 radical (unpaired) electrons. The van der Waals surface area contributed by atoms with Crippen molar-refractivity contribution >= 4 is 5.97 Å². The Kier molecular flexibility index (Phi) is 7.14. The molecule has 5 aliphatic carbocycles. The smallest absolute Gasteiger partial charge is 0.312 e. The fourth-order valence-corrected chi connectivity index (χ4v) is 13.4. The Morgan fingerprint density at radius 3 is 2.18 bits per heavy atom. The highest BCUT2D eigenvalue weighted by molar-refractivity contribution is 5.81. The number of carbonyl (C=O) groups excluding carboxylic acids is 1. The summed E-state index contributed by atoms with van der Waals surface area (Å²) < 4.78 is 18.6. The van der Waals surface area contributed by atoms with E-state index in [1.165, 1.54) is 12.8 Å². The molecule has 8 nitrogen and oxygen atoms in total. The summed E-state index contributed by atoms with van der Waals surface area (Å²) in [4.78, 5) is 13.5. The summed E-state index contributed by atoms with van der Waals surface area (Å²) in [5.41, 5.74) is 0.0273. The molecule has 8 heteroatoms. The maximum atomic E-state index is 13.5. The van der Waals surface area contributed by atoms with Crippen molar-refractivity contribution in [3.05, 3.63) is 0 Å². The molecule has 0 unspecified atom stereocenters.